The number of rotatable bonds is 4. The number of ketones is 1. The predicted molar refractivity (Wildman–Crippen MR) is 72.3 cm³/mol. The van der Waals surface area contributed by atoms with Gasteiger partial charge in [-0.2, -0.15) is 0 Å². The molecular formula is C12H15BrO3S. The van der Waals surface area contributed by atoms with Crippen LogP contribution in [0.15, 0.2) is 24.3 Å². The lowest BCUT2D eigenvalue weighted by Gasteiger charge is -2.22. The van der Waals surface area contributed by atoms with Gasteiger partial charge in [-0.3, -0.25) is 4.79 Å². The van der Waals surface area contributed by atoms with Gasteiger partial charge < -0.3 is 0 Å². The maximum atomic E-state index is 12.3. The molecule has 17 heavy (non-hydrogen) atoms. The third kappa shape index (κ3) is 2.77. The van der Waals surface area contributed by atoms with Crippen LogP contribution in [-0.4, -0.2) is 24.1 Å². The van der Waals surface area contributed by atoms with E-state index < -0.39 is 19.3 Å². The minimum atomic E-state index is -3.51. The van der Waals surface area contributed by atoms with E-state index in [1.54, 1.807) is 25.1 Å². The van der Waals surface area contributed by atoms with Crippen LogP contribution in [0.3, 0.4) is 0 Å². The maximum Gasteiger partial charge on any atom is 0.194 e. The highest BCUT2D eigenvalue weighted by molar-refractivity contribution is 9.12. The fraction of sp³-hybridized carbons (Fsp3) is 0.417. The van der Waals surface area contributed by atoms with Gasteiger partial charge in [-0.05, 0) is 19.4 Å². The average Bonchev–Trinajstić information content (AvgIpc) is 2.25. The molecule has 0 fully saturated rings. The summed E-state index contributed by atoms with van der Waals surface area (Å²) in [5.41, 5.74) is 1.34. The van der Waals surface area contributed by atoms with Gasteiger partial charge in [0.15, 0.2) is 19.3 Å². The van der Waals surface area contributed by atoms with Crippen LogP contribution in [0.1, 0.15) is 29.3 Å². The first-order valence-electron chi connectivity index (χ1n) is 5.22. The van der Waals surface area contributed by atoms with Crippen molar-refractivity contribution in [2.75, 3.05) is 6.26 Å². The number of aryl methyl sites for hydroxylation is 1. The molecule has 0 aromatic heterocycles. The molecule has 0 heterocycles. The molecule has 5 heteroatoms. The van der Waals surface area contributed by atoms with Crippen LogP contribution < -0.4 is 0 Å². The smallest absolute Gasteiger partial charge is 0.194 e. The first kappa shape index (κ1) is 14.4. The molecule has 0 amide bonds. The van der Waals surface area contributed by atoms with Crippen LogP contribution in [0.25, 0.3) is 0 Å². The number of Topliss-reactive ketones (excluding diaryl/α,β-unsaturated/α-hetero) is 1. The van der Waals surface area contributed by atoms with Gasteiger partial charge in [-0.15, -0.1) is 0 Å². The summed E-state index contributed by atoms with van der Waals surface area (Å²) >= 11 is 3.09. The minimum absolute atomic E-state index is 0.193. The van der Waals surface area contributed by atoms with Crippen molar-refractivity contribution in [2.45, 2.75) is 23.9 Å². The summed E-state index contributed by atoms with van der Waals surface area (Å²) in [6.07, 6.45) is 1.26. The summed E-state index contributed by atoms with van der Waals surface area (Å²) in [6.45, 7) is 3.53. The molecule has 3 nitrogen and oxygen atoms in total. The van der Waals surface area contributed by atoms with Gasteiger partial charge in [0.2, 0.25) is 0 Å². The molecular weight excluding hydrogens is 304 g/mol. The zero-order chi connectivity index (χ0) is 13.3. The fourth-order valence-corrected chi connectivity index (χ4v) is 2.80. The van der Waals surface area contributed by atoms with Crippen LogP contribution in [0.2, 0.25) is 0 Å². The molecule has 0 saturated heterocycles. The Labute approximate surface area is 110 Å². The van der Waals surface area contributed by atoms with Crippen molar-refractivity contribution >= 4 is 31.6 Å². The quantitative estimate of drug-likeness (QED) is 0.633. The highest BCUT2D eigenvalue weighted by Gasteiger charge is 2.44. The number of hydrogen-bond acceptors (Lipinski definition) is 3. The van der Waals surface area contributed by atoms with Crippen molar-refractivity contribution in [3.8, 4) is 0 Å². The summed E-state index contributed by atoms with van der Waals surface area (Å²) < 4.78 is 21.9. The lowest BCUT2D eigenvalue weighted by Crippen LogP contribution is -2.39. The third-order valence-corrected chi connectivity index (χ3v) is 7.00. The fourth-order valence-electron chi connectivity index (χ4n) is 1.59. The van der Waals surface area contributed by atoms with Gasteiger partial charge in [0.1, 0.15) is 0 Å². The van der Waals surface area contributed by atoms with Gasteiger partial charge in [0.05, 0.1) is 0 Å². The van der Waals surface area contributed by atoms with Gasteiger partial charge in [-0.1, -0.05) is 46.6 Å². The van der Waals surface area contributed by atoms with Crippen molar-refractivity contribution in [2.24, 2.45) is 0 Å². The second kappa shape index (κ2) is 4.90. The van der Waals surface area contributed by atoms with E-state index in [2.05, 4.69) is 15.9 Å². The van der Waals surface area contributed by atoms with E-state index in [1.165, 1.54) is 0 Å². The number of halogens is 1. The summed E-state index contributed by atoms with van der Waals surface area (Å²) in [5.74, 6) is -0.411. The maximum absolute atomic E-state index is 12.3. The lowest BCUT2D eigenvalue weighted by molar-refractivity contribution is 0.0976. The van der Waals surface area contributed by atoms with Crippen LogP contribution >= 0.6 is 15.9 Å². The Kier molecular flexibility index (Phi) is 4.15. The second-order valence-electron chi connectivity index (χ2n) is 4.05. The van der Waals surface area contributed by atoms with Crippen molar-refractivity contribution in [3.05, 3.63) is 35.4 Å². The second-order valence-corrected chi connectivity index (χ2v) is 8.17. The molecule has 0 radical (unpaired) electrons. The molecule has 1 aromatic carbocycles. The van der Waals surface area contributed by atoms with Gasteiger partial charge in [-0.25, -0.2) is 8.42 Å². The number of carbonyl (C=O) groups excluding carboxylic acids is 1. The average molecular weight is 319 g/mol. The topological polar surface area (TPSA) is 51.2 Å². The van der Waals surface area contributed by atoms with E-state index in [0.717, 1.165) is 11.8 Å². The van der Waals surface area contributed by atoms with Crippen molar-refractivity contribution in [3.63, 3.8) is 0 Å². The molecule has 1 atom stereocenters. The Morgan fingerprint density at radius 2 is 2.00 bits per heavy atom. The molecule has 0 saturated carbocycles. The monoisotopic (exact) mass is 318 g/mol. The van der Waals surface area contributed by atoms with Crippen LogP contribution in [0.4, 0.5) is 0 Å². The predicted octanol–water partition coefficient (Wildman–Crippen LogP) is 2.72. The molecule has 94 valence electrons. The summed E-state index contributed by atoms with van der Waals surface area (Å²) in [6, 6.07) is 6.93. The number of benzene rings is 1. The van der Waals surface area contributed by atoms with Gasteiger partial charge in [0.25, 0.3) is 0 Å². The summed E-state index contributed by atoms with van der Waals surface area (Å²) in [7, 11) is -3.51. The van der Waals surface area contributed by atoms with E-state index >= 15 is 0 Å². The van der Waals surface area contributed by atoms with E-state index in [0.29, 0.717) is 5.56 Å². The van der Waals surface area contributed by atoms with Crippen LogP contribution in [-0.2, 0) is 9.84 Å². The zero-order valence-corrected chi connectivity index (χ0v) is 12.4. The molecule has 0 bridgehead atoms. The van der Waals surface area contributed by atoms with E-state index in [-0.39, 0.29) is 6.42 Å². The number of hydrogen-bond donors (Lipinski definition) is 0. The Morgan fingerprint density at radius 3 is 2.41 bits per heavy atom. The molecule has 0 aliphatic rings. The van der Waals surface area contributed by atoms with Crippen molar-refractivity contribution in [1.29, 1.82) is 0 Å². The molecule has 0 N–H and O–H groups in total. The molecule has 0 aliphatic heterocycles. The van der Waals surface area contributed by atoms with E-state index in [1.807, 2.05) is 13.0 Å². The Hall–Kier alpha value is -0.680. The van der Waals surface area contributed by atoms with Crippen molar-refractivity contribution in [1.82, 2.24) is 0 Å². The molecule has 0 aliphatic carbocycles. The standard InChI is InChI=1S/C12H15BrO3S/c1-4-12(13,17(3,15)16)11(14)10-7-5-6-9(2)8-10/h5-8H,4H2,1-3H3/t12-/m1/s1. The van der Waals surface area contributed by atoms with Crippen molar-refractivity contribution < 1.29 is 13.2 Å². The largest absolute Gasteiger partial charge is 0.291 e. The van der Waals surface area contributed by atoms with Gasteiger partial charge >= 0.3 is 0 Å². The SMILES string of the molecule is CC[C@](Br)(C(=O)c1cccc(C)c1)S(C)(=O)=O. The summed E-state index contributed by atoms with van der Waals surface area (Å²) in [5, 5.41) is 0. The Morgan fingerprint density at radius 1 is 1.41 bits per heavy atom. The molecule has 1 rings (SSSR count). The number of carbonyl (C=O) groups is 1. The first-order chi connectivity index (χ1) is 7.72. The first-order valence-corrected chi connectivity index (χ1v) is 7.91. The number of alkyl halides is 1. The van der Waals surface area contributed by atoms with Gasteiger partial charge in [0, 0.05) is 11.8 Å². The normalized spacial score (nSPS) is 15.3. The molecule has 0 unspecified atom stereocenters. The van der Waals surface area contributed by atoms with E-state index in [9.17, 15) is 13.2 Å². The zero-order valence-electron chi connectivity index (χ0n) is 10.0. The number of sulfone groups is 1. The highest BCUT2D eigenvalue weighted by Crippen LogP contribution is 2.32. The molecule has 1 aromatic rings. The molecule has 0 spiro atoms. The lowest BCUT2D eigenvalue weighted by atomic mass is 10.0. The van der Waals surface area contributed by atoms with Crippen LogP contribution in [0, 0.1) is 6.92 Å². The summed E-state index contributed by atoms with van der Waals surface area (Å²) in [4.78, 5) is 12.3. The van der Waals surface area contributed by atoms with E-state index in [4.69, 9.17) is 0 Å². The Bertz CT molecular complexity index is 536. The Balaban J connectivity index is 3.29. The minimum Gasteiger partial charge on any atom is -0.291 e. The third-order valence-electron chi connectivity index (χ3n) is 2.66. The highest BCUT2D eigenvalue weighted by atomic mass is 79.9. The van der Waals surface area contributed by atoms with Crippen LogP contribution in [0.5, 0.6) is 0 Å².